The fourth-order valence-corrected chi connectivity index (χ4v) is 1.90. The molecule has 0 atom stereocenters. The van der Waals surface area contributed by atoms with E-state index in [0.717, 1.165) is 4.68 Å². The standard InChI is InChI=1S/C11H8BrF3N2O2/c1-19-8-4-6(12)2-3-7(8)17-10(18)5-9(16-17)11(13,14)15/h2-5,16H,1H3. The number of ether oxygens (including phenoxy) is 1. The Balaban J connectivity index is 2.60. The Morgan fingerprint density at radius 2 is 2.00 bits per heavy atom. The number of alkyl halides is 3. The van der Waals surface area contributed by atoms with Gasteiger partial charge in [-0.25, -0.2) is 4.68 Å². The summed E-state index contributed by atoms with van der Waals surface area (Å²) in [5.41, 5.74) is -1.72. The van der Waals surface area contributed by atoms with Gasteiger partial charge in [0.2, 0.25) is 0 Å². The molecule has 1 aromatic carbocycles. The summed E-state index contributed by atoms with van der Waals surface area (Å²) in [6, 6.07) is 5.12. The van der Waals surface area contributed by atoms with E-state index >= 15 is 0 Å². The Kier molecular flexibility index (Phi) is 3.44. The molecule has 0 radical (unpaired) electrons. The first-order valence-corrected chi connectivity index (χ1v) is 5.85. The van der Waals surface area contributed by atoms with Crippen molar-refractivity contribution < 1.29 is 17.9 Å². The van der Waals surface area contributed by atoms with Crippen molar-refractivity contribution in [2.75, 3.05) is 7.11 Å². The molecule has 4 nitrogen and oxygen atoms in total. The molecule has 0 spiro atoms. The number of H-pyrrole nitrogens is 1. The predicted molar refractivity (Wildman–Crippen MR) is 65.6 cm³/mol. The molecular weight excluding hydrogens is 329 g/mol. The topological polar surface area (TPSA) is 47.0 Å². The Morgan fingerprint density at radius 3 is 2.53 bits per heavy atom. The molecule has 0 aliphatic carbocycles. The fourth-order valence-electron chi connectivity index (χ4n) is 1.56. The molecule has 102 valence electrons. The number of aromatic nitrogens is 2. The van der Waals surface area contributed by atoms with E-state index in [9.17, 15) is 18.0 Å². The van der Waals surface area contributed by atoms with Gasteiger partial charge in [-0.3, -0.25) is 9.89 Å². The molecule has 0 saturated heterocycles. The van der Waals surface area contributed by atoms with Crippen molar-refractivity contribution in [1.29, 1.82) is 0 Å². The van der Waals surface area contributed by atoms with Gasteiger partial charge >= 0.3 is 6.18 Å². The average molecular weight is 337 g/mol. The first-order valence-electron chi connectivity index (χ1n) is 5.06. The van der Waals surface area contributed by atoms with Gasteiger partial charge in [0, 0.05) is 10.5 Å². The van der Waals surface area contributed by atoms with Crippen molar-refractivity contribution >= 4 is 15.9 Å². The van der Waals surface area contributed by atoms with Gasteiger partial charge in [-0.2, -0.15) is 13.2 Å². The number of halogens is 4. The smallest absolute Gasteiger partial charge is 0.432 e. The van der Waals surface area contributed by atoms with Crippen LogP contribution in [0.15, 0.2) is 33.5 Å². The zero-order valence-corrected chi connectivity index (χ0v) is 11.2. The van der Waals surface area contributed by atoms with E-state index < -0.39 is 17.4 Å². The molecule has 0 fully saturated rings. The zero-order valence-electron chi connectivity index (χ0n) is 9.58. The van der Waals surface area contributed by atoms with E-state index in [0.29, 0.717) is 10.5 Å². The number of nitrogens with one attached hydrogen (secondary N) is 1. The van der Waals surface area contributed by atoms with Crippen LogP contribution in [0.3, 0.4) is 0 Å². The number of rotatable bonds is 2. The number of hydrogen-bond acceptors (Lipinski definition) is 2. The molecular formula is C11H8BrF3N2O2. The van der Waals surface area contributed by atoms with Crippen molar-refractivity contribution in [3.05, 3.63) is 44.8 Å². The molecule has 0 bridgehead atoms. The lowest BCUT2D eigenvalue weighted by Gasteiger charge is -2.09. The third-order valence-corrected chi connectivity index (χ3v) is 2.90. The number of nitrogens with zero attached hydrogens (tertiary/aromatic N) is 1. The molecule has 0 aliphatic rings. The van der Waals surface area contributed by atoms with Crippen molar-refractivity contribution in [2.45, 2.75) is 6.18 Å². The summed E-state index contributed by atoms with van der Waals surface area (Å²) in [5, 5.41) is 2.02. The van der Waals surface area contributed by atoms with E-state index in [-0.39, 0.29) is 11.4 Å². The Bertz CT molecular complexity index is 661. The molecule has 2 aromatic rings. The highest BCUT2D eigenvalue weighted by molar-refractivity contribution is 9.10. The van der Waals surface area contributed by atoms with E-state index in [4.69, 9.17) is 4.74 Å². The van der Waals surface area contributed by atoms with Crippen LogP contribution in [0.5, 0.6) is 5.75 Å². The van der Waals surface area contributed by atoms with E-state index in [1.165, 1.54) is 13.2 Å². The van der Waals surface area contributed by atoms with Crippen LogP contribution >= 0.6 is 15.9 Å². The van der Waals surface area contributed by atoms with Crippen LogP contribution in [-0.2, 0) is 6.18 Å². The van der Waals surface area contributed by atoms with Crippen LogP contribution in [0.2, 0.25) is 0 Å². The molecule has 1 heterocycles. The van der Waals surface area contributed by atoms with E-state index in [1.54, 1.807) is 12.1 Å². The molecule has 0 unspecified atom stereocenters. The minimum absolute atomic E-state index is 0.200. The van der Waals surface area contributed by atoms with Crippen molar-refractivity contribution in [2.24, 2.45) is 0 Å². The average Bonchev–Trinajstić information content (AvgIpc) is 2.71. The quantitative estimate of drug-likeness (QED) is 0.916. The van der Waals surface area contributed by atoms with Crippen molar-refractivity contribution in [1.82, 2.24) is 9.78 Å². The second kappa shape index (κ2) is 4.76. The Labute approximate surface area is 113 Å². The summed E-state index contributed by atoms with van der Waals surface area (Å²) in [6.45, 7) is 0. The number of benzene rings is 1. The highest BCUT2D eigenvalue weighted by atomic mass is 79.9. The van der Waals surface area contributed by atoms with Gasteiger partial charge in [0.1, 0.15) is 17.1 Å². The number of methoxy groups -OCH3 is 1. The molecule has 0 aliphatic heterocycles. The van der Waals surface area contributed by atoms with Crippen molar-refractivity contribution in [3.63, 3.8) is 0 Å². The van der Waals surface area contributed by atoms with Crippen LogP contribution in [0.1, 0.15) is 5.69 Å². The number of aromatic amines is 1. The third kappa shape index (κ3) is 2.67. The molecule has 1 aromatic heterocycles. The van der Waals surface area contributed by atoms with Gasteiger partial charge in [0.05, 0.1) is 7.11 Å². The SMILES string of the molecule is COc1cc(Br)ccc1-n1[nH]c(C(F)(F)F)cc1=O. The maximum atomic E-state index is 12.5. The Hall–Kier alpha value is -1.70. The molecule has 1 N–H and O–H groups in total. The summed E-state index contributed by atoms with van der Waals surface area (Å²) >= 11 is 3.21. The van der Waals surface area contributed by atoms with Gasteiger partial charge in [0.25, 0.3) is 5.56 Å². The summed E-state index contributed by atoms with van der Waals surface area (Å²) < 4.78 is 44.1. The van der Waals surface area contributed by atoms with E-state index in [1.807, 2.05) is 5.10 Å². The predicted octanol–water partition coefficient (Wildman–Crippen LogP) is 2.96. The zero-order chi connectivity index (χ0) is 14.2. The summed E-state index contributed by atoms with van der Waals surface area (Å²) in [7, 11) is 1.36. The second-order valence-corrected chi connectivity index (χ2v) is 4.57. The highest BCUT2D eigenvalue weighted by Gasteiger charge is 2.33. The molecule has 2 rings (SSSR count). The number of hydrogen-bond donors (Lipinski definition) is 1. The summed E-state index contributed by atoms with van der Waals surface area (Å²) in [4.78, 5) is 11.6. The van der Waals surface area contributed by atoms with Gasteiger partial charge in [-0.1, -0.05) is 15.9 Å². The maximum Gasteiger partial charge on any atom is 0.432 e. The lowest BCUT2D eigenvalue weighted by atomic mass is 10.3. The lowest BCUT2D eigenvalue weighted by molar-refractivity contribution is -0.141. The van der Waals surface area contributed by atoms with Crippen LogP contribution in [0, 0.1) is 0 Å². The van der Waals surface area contributed by atoms with Crippen LogP contribution < -0.4 is 10.3 Å². The van der Waals surface area contributed by atoms with Crippen LogP contribution in [0.4, 0.5) is 13.2 Å². The fraction of sp³-hybridized carbons (Fsp3) is 0.182. The van der Waals surface area contributed by atoms with Crippen LogP contribution in [-0.4, -0.2) is 16.9 Å². The summed E-state index contributed by atoms with van der Waals surface area (Å²) in [5.74, 6) is 0.270. The van der Waals surface area contributed by atoms with Gasteiger partial charge in [-0.15, -0.1) is 0 Å². The van der Waals surface area contributed by atoms with Gasteiger partial charge < -0.3 is 4.74 Å². The first-order chi connectivity index (χ1) is 8.82. The third-order valence-electron chi connectivity index (χ3n) is 2.41. The van der Waals surface area contributed by atoms with Gasteiger partial charge in [-0.05, 0) is 18.2 Å². The maximum absolute atomic E-state index is 12.5. The monoisotopic (exact) mass is 336 g/mol. The van der Waals surface area contributed by atoms with Crippen LogP contribution in [0.25, 0.3) is 5.69 Å². The van der Waals surface area contributed by atoms with Gasteiger partial charge in [0.15, 0.2) is 0 Å². The second-order valence-electron chi connectivity index (χ2n) is 3.66. The largest absolute Gasteiger partial charge is 0.494 e. The first kappa shape index (κ1) is 13.7. The molecule has 0 amide bonds. The minimum Gasteiger partial charge on any atom is -0.494 e. The molecule has 8 heteroatoms. The minimum atomic E-state index is -4.60. The van der Waals surface area contributed by atoms with E-state index in [2.05, 4.69) is 15.9 Å². The van der Waals surface area contributed by atoms with Crippen molar-refractivity contribution in [3.8, 4) is 11.4 Å². The summed E-state index contributed by atoms with van der Waals surface area (Å²) in [6.07, 6.45) is -4.60. The normalized spacial score (nSPS) is 11.6. The molecule has 19 heavy (non-hydrogen) atoms. The highest BCUT2D eigenvalue weighted by Crippen LogP contribution is 2.29. The molecule has 0 saturated carbocycles. The Morgan fingerprint density at radius 1 is 1.32 bits per heavy atom. The lowest BCUT2D eigenvalue weighted by Crippen LogP contribution is -2.14.